The van der Waals surface area contributed by atoms with Crippen LogP contribution in [0.2, 0.25) is 5.02 Å². The summed E-state index contributed by atoms with van der Waals surface area (Å²) in [5.41, 5.74) is 2.09. The molecule has 0 aliphatic heterocycles. The second-order valence-corrected chi connectivity index (χ2v) is 5.51. The van der Waals surface area contributed by atoms with Crippen molar-refractivity contribution in [3.05, 3.63) is 64.1 Å². The predicted octanol–water partition coefficient (Wildman–Crippen LogP) is 4.27. The molecule has 3 aromatic rings. The number of benzene rings is 1. The first-order valence-corrected chi connectivity index (χ1v) is 7.28. The second-order valence-electron chi connectivity index (χ2n) is 4.69. The molecule has 0 aliphatic carbocycles. The van der Waals surface area contributed by atoms with Gasteiger partial charge in [-0.1, -0.05) is 23.7 Å². The van der Waals surface area contributed by atoms with Gasteiger partial charge >= 0.3 is 0 Å². The lowest BCUT2D eigenvalue weighted by Crippen LogP contribution is -2.08. The van der Waals surface area contributed by atoms with Crippen molar-refractivity contribution in [1.29, 1.82) is 0 Å². The fourth-order valence-electron chi connectivity index (χ4n) is 2.26. The maximum Gasteiger partial charge on any atom is 0.196 e. The van der Waals surface area contributed by atoms with Crippen molar-refractivity contribution >= 4 is 23.8 Å². The number of hydrogen-bond acceptors (Lipinski definition) is 3. The monoisotopic (exact) mass is 316 g/mol. The first kappa shape index (κ1) is 14.0. The van der Waals surface area contributed by atoms with Gasteiger partial charge in [0.05, 0.1) is 6.04 Å². The number of nitrogens with one attached hydrogen (secondary N) is 1. The molecule has 0 saturated heterocycles. The summed E-state index contributed by atoms with van der Waals surface area (Å²) < 4.78 is 2.58. The fourth-order valence-corrected chi connectivity index (χ4v) is 2.68. The van der Waals surface area contributed by atoms with Gasteiger partial charge in [-0.25, -0.2) is 0 Å². The fraction of sp³-hybridized carbons (Fsp3) is 0.133. The van der Waals surface area contributed by atoms with E-state index in [-0.39, 0.29) is 6.04 Å². The largest absolute Gasteiger partial charge is 0.293 e. The normalized spacial score (nSPS) is 12.3. The molecule has 4 nitrogen and oxygen atoms in total. The first-order valence-electron chi connectivity index (χ1n) is 6.49. The molecule has 3 rings (SSSR count). The molecule has 0 radical (unpaired) electrons. The van der Waals surface area contributed by atoms with Crippen molar-refractivity contribution in [2.45, 2.75) is 13.0 Å². The lowest BCUT2D eigenvalue weighted by molar-refractivity contribution is 0.635. The van der Waals surface area contributed by atoms with Crippen LogP contribution in [-0.4, -0.2) is 19.7 Å². The van der Waals surface area contributed by atoms with Crippen LogP contribution >= 0.6 is 23.8 Å². The van der Waals surface area contributed by atoms with Crippen LogP contribution < -0.4 is 0 Å². The summed E-state index contributed by atoms with van der Waals surface area (Å²) in [5.74, 6) is 0.796. The zero-order chi connectivity index (χ0) is 14.8. The smallest absolute Gasteiger partial charge is 0.196 e. The Morgan fingerprint density at radius 2 is 1.81 bits per heavy atom. The summed E-state index contributed by atoms with van der Waals surface area (Å²) in [7, 11) is 0. The van der Waals surface area contributed by atoms with Crippen molar-refractivity contribution < 1.29 is 0 Å². The van der Waals surface area contributed by atoms with E-state index in [4.69, 9.17) is 23.8 Å². The van der Waals surface area contributed by atoms with Gasteiger partial charge in [-0.3, -0.25) is 14.6 Å². The van der Waals surface area contributed by atoms with Crippen molar-refractivity contribution in [3.8, 4) is 11.4 Å². The zero-order valence-corrected chi connectivity index (χ0v) is 12.9. The highest BCUT2D eigenvalue weighted by Gasteiger charge is 2.15. The molecular formula is C15H13ClN4S. The van der Waals surface area contributed by atoms with E-state index in [1.165, 1.54) is 0 Å². The molecule has 1 atom stereocenters. The molecule has 1 aromatic carbocycles. The molecule has 106 valence electrons. The Morgan fingerprint density at radius 3 is 2.48 bits per heavy atom. The lowest BCUT2D eigenvalue weighted by atomic mass is 10.1. The van der Waals surface area contributed by atoms with E-state index in [0.29, 0.717) is 4.77 Å². The Balaban J connectivity index is 2.08. The summed E-state index contributed by atoms with van der Waals surface area (Å²) in [6.45, 7) is 2.08. The Kier molecular flexibility index (Phi) is 3.86. The standard InChI is InChI=1S/C15H13ClN4S/c1-10(11-2-4-13(16)5-3-11)20-14(18-19-15(20)21)12-6-8-17-9-7-12/h2-10H,1H3,(H,19,21). The molecule has 0 fully saturated rings. The van der Waals surface area contributed by atoms with Crippen molar-refractivity contribution in [1.82, 2.24) is 19.7 Å². The van der Waals surface area contributed by atoms with Gasteiger partial charge in [0.25, 0.3) is 0 Å². The Hall–Kier alpha value is -1.98. The number of pyridine rings is 1. The topological polar surface area (TPSA) is 46.5 Å². The highest BCUT2D eigenvalue weighted by molar-refractivity contribution is 7.71. The average Bonchev–Trinajstić information content (AvgIpc) is 2.90. The number of aromatic amines is 1. The van der Waals surface area contributed by atoms with E-state index >= 15 is 0 Å². The minimum atomic E-state index is 0.0525. The number of rotatable bonds is 3. The Bertz CT molecular complexity index is 793. The molecular weight excluding hydrogens is 304 g/mol. The van der Waals surface area contributed by atoms with Gasteiger partial charge in [0.15, 0.2) is 10.6 Å². The van der Waals surface area contributed by atoms with Crippen molar-refractivity contribution in [2.24, 2.45) is 0 Å². The highest BCUT2D eigenvalue weighted by Crippen LogP contribution is 2.26. The van der Waals surface area contributed by atoms with Crippen LogP contribution in [0.4, 0.5) is 0 Å². The third-order valence-electron chi connectivity index (χ3n) is 3.38. The molecule has 0 spiro atoms. The molecule has 1 N–H and O–H groups in total. The molecule has 2 heterocycles. The molecule has 6 heteroatoms. The average molecular weight is 317 g/mol. The van der Waals surface area contributed by atoms with Crippen LogP contribution in [-0.2, 0) is 0 Å². The van der Waals surface area contributed by atoms with Crippen LogP contribution in [0.25, 0.3) is 11.4 Å². The number of nitrogens with zero attached hydrogens (tertiary/aromatic N) is 3. The van der Waals surface area contributed by atoms with Gasteiger partial charge in [0.1, 0.15) is 0 Å². The summed E-state index contributed by atoms with van der Waals surface area (Å²) in [5, 5.41) is 7.93. The van der Waals surface area contributed by atoms with Crippen LogP contribution in [0, 0.1) is 4.77 Å². The van der Waals surface area contributed by atoms with Crippen LogP contribution in [0.15, 0.2) is 48.8 Å². The van der Waals surface area contributed by atoms with Gasteiger partial charge in [0.2, 0.25) is 0 Å². The summed E-state index contributed by atoms with van der Waals surface area (Å²) >= 11 is 11.3. The minimum Gasteiger partial charge on any atom is -0.293 e. The minimum absolute atomic E-state index is 0.0525. The Labute approximate surface area is 132 Å². The molecule has 21 heavy (non-hydrogen) atoms. The van der Waals surface area contributed by atoms with Crippen LogP contribution in [0.1, 0.15) is 18.5 Å². The van der Waals surface area contributed by atoms with E-state index in [2.05, 4.69) is 22.1 Å². The second kappa shape index (κ2) is 5.79. The summed E-state index contributed by atoms with van der Waals surface area (Å²) in [6, 6.07) is 11.6. The van der Waals surface area contributed by atoms with Crippen molar-refractivity contribution in [3.63, 3.8) is 0 Å². The van der Waals surface area contributed by atoms with Gasteiger partial charge < -0.3 is 0 Å². The maximum atomic E-state index is 5.95. The number of H-pyrrole nitrogens is 1. The SMILES string of the molecule is CC(c1ccc(Cl)cc1)n1c(-c2ccncc2)n[nH]c1=S. The van der Waals surface area contributed by atoms with E-state index in [0.717, 1.165) is 22.0 Å². The lowest BCUT2D eigenvalue weighted by Gasteiger charge is -2.16. The highest BCUT2D eigenvalue weighted by atomic mass is 35.5. The van der Waals surface area contributed by atoms with Crippen LogP contribution in [0.5, 0.6) is 0 Å². The van der Waals surface area contributed by atoms with E-state index in [1.807, 2.05) is 41.0 Å². The van der Waals surface area contributed by atoms with Gasteiger partial charge in [0, 0.05) is 23.0 Å². The number of hydrogen-bond donors (Lipinski definition) is 1. The predicted molar refractivity (Wildman–Crippen MR) is 85.9 cm³/mol. The molecule has 2 aromatic heterocycles. The molecule has 1 unspecified atom stereocenters. The van der Waals surface area contributed by atoms with Crippen molar-refractivity contribution in [2.75, 3.05) is 0 Å². The van der Waals surface area contributed by atoms with Gasteiger partial charge in [-0.05, 0) is 49.0 Å². The third-order valence-corrected chi connectivity index (χ3v) is 3.92. The maximum absolute atomic E-state index is 5.95. The van der Waals surface area contributed by atoms with Crippen LogP contribution in [0.3, 0.4) is 0 Å². The number of halogens is 1. The molecule has 0 aliphatic rings. The summed E-state index contributed by atoms with van der Waals surface area (Å²) in [4.78, 5) is 4.03. The van der Waals surface area contributed by atoms with E-state index in [9.17, 15) is 0 Å². The Morgan fingerprint density at radius 1 is 1.14 bits per heavy atom. The zero-order valence-electron chi connectivity index (χ0n) is 11.3. The quantitative estimate of drug-likeness (QED) is 0.734. The van der Waals surface area contributed by atoms with E-state index in [1.54, 1.807) is 12.4 Å². The molecule has 0 bridgehead atoms. The molecule has 0 amide bonds. The molecule has 0 saturated carbocycles. The first-order chi connectivity index (χ1) is 10.2. The van der Waals surface area contributed by atoms with Gasteiger partial charge in [-0.2, -0.15) is 5.10 Å². The van der Waals surface area contributed by atoms with Gasteiger partial charge in [-0.15, -0.1) is 0 Å². The number of aromatic nitrogens is 4. The summed E-state index contributed by atoms with van der Waals surface area (Å²) in [6.07, 6.45) is 3.48. The third kappa shape index (κ3) is 2.75. The van der Waals surface area contributed by atoms with E-state index < -0.39 is 0 Å².